The van der Waals surface area contributed by atoms with E-state index in [1.54, 1.807) is 11.3 Å². The van der Waals surface area contributed by atoms with Crippen molar-refractivity contribution in [3.8, 4) is 22.1 Å². The van der Waals surface area contributed by atoms with Crippen LogP contribution >= 0.6 is 54.8 Å². The second kappa shape index (κ2) is 7.08. The molecule has 6 heteroatoms. The van der Waals surface area contributed by atoms with Crippen LogP contribution in [0.2, 0.25) is 5.02 Å². The van der Waals surface area contributed by atoms with Crippen LogP contribution in [-0.4, -0.2) is 4.98 Å². The zero-order valence-corrected chi connectivity index (χ0v) is 17.4. The quantitative estimate of drug-likeness (QED) is 0.269. The monoisotopic (exact) mass is 493 g/mol. The number of rotatable bonds is 3. The van der Waals surface area contributed by atoms with Crippen molar-refractivity contribution in [2.45, 2.75) is 0 Å². The van der Waals surface area contributed by atoms with Crippen LogP contribution in [0.15, 0.2) is 69.6 Å². The van der Waals surface area contributed by atoms with Crippen LogP contribution in [0.1, 0.15) is 0 Å². The second-order valence-corrected chi connectivity index (χ2v) is 8.43. The molecule has 0 spiro atoms. The Morgan fingerprint density at radius 1 is 0.880 bits per heavy atom. The van der Waals surface area contributed by atoms with Crippen LogP contribution < -0.4 is 4.74 Å². The highest BCUT2D eigenvalue weighted by Gasteiger charge is 2.09. The number of halogens is 3. The van der Waals surface area contributed by atoms with Gasteiger partial charge in [-0.15, -0.1) is 11.3 Å². The summed E-state index contributed by atoms with van der Waals surface area (Å²) >= 11 is 14.6. The molecule has 0 unspecified atom stereocenters. The summed E-state index contributed by atoms with van der Waals surface area (Å²) in [4.78, 5) is 4.68. The zero-order chi connectivity index (χ0) is 17.4. The predicted molar refractivity (Wildman–Crippen MR) is 112 cm³/mol. The maximum Gasteiger partial charge on any atom is 0.129 e. The van der Waals surface area contributed by atoms with Gasteiger partial charge in [0.1, 0.15) is 16.5 Å². The van der Waals surface area contributed by atoms with Gasteiger partial charge in [0.2, 0.25) is 0 Å². The lowest BCUT2D eigenvalue weighted by molar-refractivity contribution is 0.482. The third-order valence-electron chi connectivity index (χ3n) is 3.59. The summed E-state index contributed by atoms with van der Waals surface area (Å²) in [5, 5.41) is 1.63. The largest absolute Gasteiger partial charge is 0.457 e. The van der Waals surface area contributed by atoms with E-state index in [0.29, 0.717) is 10.8 Å². The van der Waals surface area contributed by atoms with Crippen LogP contribution in [0.3, 0.4) is 0 Å². The van der Waals surface area contributed by atoms with Gasteiger partial charge in [-0.1, -0.05) is 23.7 Å². The van der Waals surface area contributed by atoms with Crippen molar-refractivity contribution in [1.29, 1.82) is 0 Å². The van der Waals surface area contributed by atoms with Crippen LogP contribution in [0.5, 0.6) is 11.5 Å². The Morgan fingerprint density at radius 3 is 2.24 bits per heavy atom. The smallest absolute Gasteiger partial charge is 0.129 e. The Balaban J connectivity index is 1.59. The minimum Gasteiger partial charge on any atom is -0.457 e. The molecule has 1 aromatic heterocycles. The summed E-state index contributed by atoms with van der Waals surface area (Å²) in [5.41, 5.74) is 2.10. The molecule has 1 heterocycles. The van der Waals surface area contributed by atoms with Crippen molar-refractivity contribution in [2.24, 2.45) is 0 Å². The van der Waals surface area contributed by atoms with E-state index in [-0.39, 0.29) is 0 Å². The number of fused-ring (bicyclic) bond motifs is 1. The number of benzene rings is 3. The average molecular weight is 496 g/mol. The normalized spacial score (nSPS) is 11.0. The minimum atomic E-state index is 0.624. The van der Waals surface area contributed by atoms with Crippen molar-refractivity contribution in [3.05, 3.63) is 74.6 Å². The summed E-state index contributed by atoms with van der Waals surface area (Å²) < 4.78 is 8.66. The number of ether oxygens (including phenoxy) is 1. The van der Waals surface area contributed by atoms with Gasteiger partial charge >= 0.3 is 0 Å². The van der Waals surface area contributed by atoms with E-state index in [1.807, 2.05) is 54.6 Å². The standard InChI is InChI=1S/C19H10Br2ClNOS/c20-14-9-13(10-15(21)18(14)22)24-12-7-5-11(6-8-12)19-23-16-3-1-2-4-17(16)25-19/h1-10H. The molecular weight excluding hydrogens is 486 g/mol. The molecule has 2 nitrogen and oxygen atoms in total. The van der Waals surface area contributed by atoms with Gasteiger partial charge in [0, 0.05) is 14.5 Å². The molecule has 25 heavy (non-hydrogen) atoms. The fourth-order valence-electron chi connectivity index (χ4n) is 2.39. The Morgan fingerprint density at radius 2 is 1.56 bits per heavy atom. The summed E-state index contributed by atoms with van der Waals surface area (Å²) in [6.07, 6.45) is 0. The Kier molecular flexibility index (Phi) is 4.82. The Bertz CT molecular complexity index is 1010. The molecule has 0 atom stereocenters. The van der Waals surface area contributed by atoms with E-state index in [1.165, 1.54) is 4.70 Å². The van der Waals surface area contributed by atoms with Gasteiger partial charge in [-0.05, 0) is 80.4 Å². The highest BCUT2D eigenvalue weighted by atomic mass is 79.9. The zero-order valence-electron chi connectivity index (χ0n) is 12.7. The molecule has 0 amide bonds. The SMILES string of the molecule is Clc1c(Br)cc(Oc2ccc(-c3nc4ccccc4s3)cc2)cc1Br. The van der Waals surface area contributed by atoms with Crippen molar-refractivity contribution >= 4 is 65.0 Å². The lowest BCUT2D eigenvalue weighted by Gasteiger charge is -2.08. The summed E-state index contributed by atoms with van der Waals surface area (Å²) in [5.74, 6) is 1.46. The van der Waals surface area contributed by atoms with Gasteiger partial charge in [-0.3, -0.25) is 0 Å². The maximum atomic E-state index is 6.12. The first kappa shape index (κ1) is 17.0. The molecule has 0 aliphatic rings. The molecule has 4 rings (SSSR count). The van der Waals surface area contributed by atoms with E-state index in [9.17, 15) is 0 Å². The molecule has 0 bridgehead atoms. The first-order chi connectivity index (χ1) is 12.1. The third kappa shape index (κ3) is 3.60. The van der Waals surface area contributed by atoms with Gasteiger partial charge in [0.15, 0.2) is 0 Å². The van der Waals surface area contributed by atoms with Gasteiger partial charge < -0.3 is 4.74 Å². The molecule has 4 aromatic rings. The van der Waals surface area contributed by atoms with Gasteiger partial charge in [0.05, 0.1) is 15.2 Å². The first-order valence-corrected chi connectivity index (χ1v) is 10.2. The molecule has 124 valence electrons. The van der Waals surface area contributed by atoms with Gasteiger partial charge in [0.25, 0.3) is 0 Å². The minimum absolute atomic E-state index is 0.624. The molecule has 0 saturated carbocycles. The number of nitrogens with zero attached hydrogens (tertiary/aromatic N) is 1. The third-order valence-corrected chi connectivity index (χ3v) is 6.79. The molecular formula is C19H10Br2ClNOS. The summed E-state index contributed by atoms with van der Waals surface area (Å²) in [6.45, 7) is 0. The lowest BCUT2D eigenvalue weighted by atomic mass is 10.2. The van der Waals surface area contributed by atoms with Crippen LogP contribution in [0, 0.1) is 0 Å². The van der Waals surface area contributed by atoms with E-state index in [4.69, 9.17) is 16.3 Å². The highest BCUT2D eigenvalue weighted by Crippen LogP contribution is 2.37. The predicted octanol–water partition coefficient (Wildman–Crippen LogP) is 7.93. The summed E-state index contributed by atoms with van der Waals surface area (Å²) in [7, 11) is 0. The van der Waals surface area contributed by atoms with E-state index < -0.39 is 0 Å². The Labute approximate surface area is 170 Å². The van der Waals surface area contributed by atoms with Crippen molar-refractivity contribution < 1.29 is 4.74 Å². The maximum absolute atomic E-state index is 6.12. The number of para-hydroxylation sites is 1. The van der Waals surface area contributed by atoms with E-state index >= 15 is 0 Å². The highest BCUT2D eigenvalue weighted by molar-refractivity contribution is 9.11. The molecule has 0 N–H and O–H groups in total. The van der Waals surface area contributed by atoms with Gasteiger partial charge in [-0.25, -0.2) is 4.98 Å². The second-order valence-electron chi connectivity index (χ2n) is 5.31. The van der Waals surface area contributed by atoms with Gasteiger partial charge in [-0.2, -0.15) is 0 Å². The van der Waals surface area contributed by atoms with Crippen molar-refractivity contribution in [1.82, 2.24) is 4.98 Å². The van der Waals surface area contributed by atoms with Crippen molar-refractivity contribution in [2.75, 3.05) is 0 Å². The van der Waals surface area contributed by atoms with Crippen LogP contribution in [-0.2, 0) is 0 Å². The molecule has 0 fully saturated rings. The lowest BCUT2D eigenvalue weighted by Crippen LogP contribution is -1.86. The van der Waals surface area contributed by atoms with E-state index in [0.717, 1.165) is 30.8 Å². The number of aromatic nitrogens is 1. The van der Waals surface area contributed by atoms with Crippen LogP contribution in [0.4, 0.5) is 0 Å². The molecule has 0 aliphatic heterocycles. The fourth-order valence-corrected chi connectivity index (χ4v) is 4.61. The number of hydrogen-bond donors (Lipinski definition) is 0. The Hall–Kier alpha value is -1.40. The molecule has 0 saturated heterocycles. The topological polar surface area (TPSA) is 22.1 Å². The average Bonchev–Trinajstić information content (AvgIpc) is 3.04. The number of thiazole rings is 1. The number of hydrogen-bond acceptors (Lipinski definition) is 3. The van der Waals surface area contributed by atoms with E-state index in [2.05, 4.69) is 42.9 Å². The van der Waals surface area contributed by atoms with Crippen LogP contribution in [0.25, 0.3) is 20.8 Å². The van der Waals surface area contributed by atoms with Crippen molar-refractivity contribution in [3.63, 3.8) is 0 Å². The molecule has 0 radical (unpaired) electrons. The molecule has 3 aromatic carbocycles. The first-order valence-electron chi connectivity index (χ1n) is 7.38. The molecule has 0 aliphatic carbocycles. The fraction of sp³-hybridized carbons (Fsp3) is 0. The summed E-state index contributed by atoms with van der Waals surface area (Å²) in [6, 6.07) is 19.8.